The minimum absolute atomic E-state index is 0.0894. The molecule has 22 heavy (non-hydrogen) atoms. The SMILES string of the molecule is Cc1ccc(-c2csc(NC(=O)c3sccc3C)n2)cc1C. The van der Waals surface area contributed by atoms with Crippen molar-refractivity contribution in [1.82, 2.24) is 4.98 Å². The van der Waals surface area contributed by atoms with Crippen LogP contribution in [0.2, 0.25) is 0 Å². The monoisotopic (exact) mass is 328 g/mol. The maximum absolute atomic E-state index is 12.2. The number of nitrogens with zero attached hydrogens (tertiary/aromatic N) is 1. The van der Waals surface area contributed by atoms with Gasteiger partial charge in [-0.2, -0.15) is 0 Å². The molecule has 3 rings (SSSR count). The molecule has 0 atom stereocenters. The third-order valence-corrected chi connectivity index (χ3v) is 5.37. The number of hydrogen-bond acceptors (Lipinski definition) is 4. The van der Waals surface area contributed by atoms with E-state index in [1.165, 1.54) is 33.8 Å². The molecule has 0 aliphatic carbocycles. The van der Waals surface area contributed by atoms with Gasteiger partial charge in [-0.15, -0.1) is 22.7 Å². The van der Waals surface area contributed by atoms with Gasteiger partial charge in [-0.1, -0.05) is 12.1 Å². The second-order valence-electron chi connectivity index (χ2n) is 5.22. The summed E-state index contributed by atoms with van der Waals surface area (Å²) < 4.78 is 0. The number of carbonyl (C=O) groups is 1. The lowest BCUT2D eigenvalue weighted by Crippen LogP contribution is -2.10. The molecule has 0 bridgehead atoms. The van der Waals surface area contributed by atoms with Crippen LogP contribution in [-0.4, -0.2) is 10.9 Å². The maximum Gasteiger partial charge on any atom is 0.267 e. The minimum atomic E-state index is -0.0894. The smallest absolute Gasteiger partial charge is 0.267 e. The largest absolute Gasteiger partial charge is 0.297 e. The topological polar surface area (TPSA) is 42.0 Å². The highest BCUT2D eigenvalue weighted by molar-refractivity contribution is 7.14. The number of rotatable bonds is 3. The summed E-state index contributed by atoms with van der Waals surface area (Å²) in [5, 5.41) is 7.41. The van der Waals surface area contributed by atoms with Crippen molar-refractivity contribution in [3.8, 4) is 11.3 Å². The van der Waals surface area contributed by atoms with Crippen LogP contribution in [0.1, 0.15) is 26.4 Å². The number of anilines is 1. The molecule has 0 saturated carbocycles. The fourth-order valence-electron chi connectivity index (χ4n) is 2.12. The molecule has 5 heteroatoms. The number of amides is 1. The predicted octanol–water partition coefficient (Wildman–Crippen LogP) is 5.05. The molecule has 1 amide bonds. The molecular weight excluding hydrogens is 312 g/mol. The molecule has 0 aliphatic rings. The van der Waals surface area contributed by atoms with Crippen molar-refractivity contribution < 1.29 is 4.79 Å². The van der Waals surface area contributed by atoms with E-state index in [9.17, 15) is 4.79 Å². The lowest BCUT2D eigenvalue weighted by molar-refractivity contribution is 0.103. The second kappa shape index (κ2) is 6.02. The third-order valence-electron chi connectivity index (χ3n) is 3.60. The highest BCUT2D eigenvalue weighted by atomic mass is 32.1. The van der Waals surface area contributed by atoms with Gasteiger partial charge in [0.2, 0.25) is 0 Å². The van der Waals surface area contributed by atoms with Crippen molar-refractivity contribution in [1.29, 1.82) is 0 Å². The molecule has 0 aliphatic heterocycles. The quantitative estimate of drug-likeness (QED) is 0.731. The van der Waals surface area contributed by atoms with E-state index in [0.717, 1.165) is 21.7 Å². The summed E-state index contributed by atoms with van der Waals surface area (Å²) in [6, 6.07) is 8.23. The van der Waals surface area contributed by atoms with Gasteiger partial charge in [0.25, 0.3) is 5.91 Å². The van der Waals surface area contributed by atoms with E-state index >= 15 is 0 Å². The zero-order chi connectivity index (χ0) is 15.7. The van der Waals surface area contributed by atoms with E-state index in [1.807, 2.05) is 23.8 Å². The predicted molar refractivity (Wildman–Crippen MR) is 94.0 cm³/mol. The van der Waals surface area contributed by atoms with Crippen LogP contribution < -0.4 is 5.32 Å². The first-order valence-corrected chi connectivity index (χ1v) is 8.69. The summed E-state index contributed by atoms with van der Waals surface area (Å²) in [4.78, 5) is 17.5. The molecule has 1 aromatic carbocycles. The summed E-state index contributed by atoms with van der Waals surface area (Å²) in [5.41, 5.74) is 5.47. The fraction of sp³-hybridized carbons (Fsp3) is 0.176. The highest BCUT2D eigenvalue weighted by Gasteiger charge is 2.13. The number of aromatic nitrogens is 1. The second-order valence-corrected chi connectivity index (χ2v) is 7.00. The number of thiazole rings is 1. The van der Waals surface area contributed by atoms with Crippen molar-refractivity contribution in [3.05, 3.63) is 56.6 Å². The van der Waals surface area contributed by atoms with Gasteiger partial charge < -0.3 is 0 Å². The van der Waals surface area contributed by atoms with Crippen LogP contribution >= 0.6 is 22.7 Å². The van der Waals surface area contributed by atoms with Crippen molar-refractivity contribution in [3.63, 3.8) is 0 Å². The van der Waals surface area contributed by atoms with Crippen LogP contribution in [0.5, 0.6) is 0 Å². The van der Waals surface area contributed by atoms with Crippen LogP contribution in [-0.2, 0) is 0 Å². The standard InChI is InChI=1S/C17H16N2OS2/c1-10-4-5-13(8-12(10)3)14-9-22-17(18-14)19-16(20)15-11(2)6-7-21-15/h4-9H,1-3H3,(H,18,19,20). The summed E-state index contributed by atoms with van der Waals surface area (Å²) in [6.07, 6.45) is 0. The number of aryl methyl sites for hydroxylation is 3. The molecule has 0 fully saturated rings. The Hall–Kier alpha value is -1.98. The highest BCUT2D eigenvalue weighted by Crippen LogP contribution is 2.27. The van der Waals surface area contributed by atoms with Gasteiger partial charge in [0.1, 0.15) is 0 Å². The molecule has 112 valence electrons. The lowest BCUT2D eigenvalue weighted by Gasteiger charge is -2.03. The molecule has 3 nitrogen and oxygen atoms in total. The van der Waals surface area contributed by atoms with Crippen molar-refractivity contribution in [2.45, 2.75) is 20.8 Å². The van der Waals surface area contributed by atoms with Gasteiger partial charge in [0, 0.05) is 10.9 Å². The van der Waals surface area contributed by atoms with E-state index in [4.69, 9.17) is 0 Å². The van der Waals surface area contributed by atoms with Crippen molar-refractivity contribution in [2.24, 2.45) is 0 Å². The van der Waals surface area contributed by atoms with Gasteiger partial charge in [-0.25, -0.2) is 4.98 Å². The lowest BCUT2D eigenvalue weighted by atomic mass is 10.1. The zero-order valence-electron chi connectivity index (χ0n) is 12.6. The van der Waals surface area contributed by atoms with Crippen molar-refractivity contribution >= 4 is 33.7 Å². The van der Waals surface area contributed by atoms with E-state index in [2.05, 4.69) is 42.3 Å². The number of thiophene rings is 1. The van der Waals surface area contributed by atoms with E-state index < -0.39 is 0 Å². The van der Waals surface area contributed by atoms with Gasteiger partial charge in [0.15, 0.2) is 5.13 Å². The summed E-state index contributed by atoms with van der Waals surface area (Å²) in [5.74, 6) is -0.0894. The Labute approximate surface area is 137 Å². The molecule has 0 unspecified atom stereocenters. The first-order chi connectivity index (χ1) is 10.5. The van der Waals surface area contributed by atoms with E-state index in [-0.39, 0.29) is 5.91 Å². The molecule has 0 saturated heterocycles. The number of nitrogens with one attached hydrogen (secondary N) is 1. The third kappa shape index (κ3) is 2.96. The fourth-order valence-corrected chi connectivity index (χ4v) is 3.66. The zero-order valence-corrected chi connectivity index (χ0v) is 14.3. The Morgan fingerprint density at radius 3 is 2.55 bits per heavy atom. The maximum atomic E-state index is 12.2. The summed E-state index contributed by atoms with van der Waals surface area (Å²) in [7, 11) is 0. The Kier molecular flexibility index (Phi) is 4.09. The van der Waals surface area contributed by atoms with Crippen molar-refractivity contribution in [2.75, 3.05) is 5.32 Å². The summed E-state index contributed by atoms with van der Waals surface area (Å²) >= 11 is 2.90. The van der Waals surface area contributed by atoms with Gasteiger partial charge in [-0.3, -0.25) is 10.1 Å². The Balaban J connectivity index is 1.80. The van der Waals surface area contributed by atoms with E-state index in [0.29, 0.717) is 5.13 Å². The van der Waals surface area contributed by atoms with E-state index in [1.54, 1.807) is 0 Å². The molecular formula is C17H16N2OS2. The normalized spacial score (nSPS) is 10.7. The molecule has 2 aromatic heterocycles. The molecule has 0 radical (unpaired) electrons. The average molecular weight is 328 g/mol. The first kappa shape index (κ1) is 14.9. The molecule has 2 heterocycles. The first-order valence-electron chi connectivity index (χ1n) is 6.93. The average Bonchev–Trinajstić information content (AvgIpc) is 3.11. The number of carbonyl (C=O) groups excluding carboxylic acids is 1. The number of benzene rings is 1. The van der Waals surface area contributed by atoms with Gasteiger partial charge in [0.05, 0.1) is 10.6 Å². The molecule has 1 N–H and O–H groups in total. The van der Waals surface area contributed by atoms with Crippen LogP contribution in [0.3, 0.4) is 0 Å². The van der Waals surface area contributed by atoms with Crippen LogP contribution in [0, 0.1) is 20.8 Å². The Morgan fingerprint density at radius 1 is 1.05 bits per heavy atom. The Bertz CT molecular complexity index is 833. The molecule has 0 spiro atoms. The van der Waals surface area contributed by atoms with Gasteiger partial charge in [-0.05, 0) is 55.0 Å². The van der Waals surface area contributed by atoms with Crippen LogP contribution in [0.25, 0.3) is 11.3 Å². The minimum Gasteiger partial charge on any atom is -0.297 e. The van der Waals surface area contributed by atoms with Crippen LogP contribution in [0.4, 0.5) is 5.13 Å². The number of hydrogen-bond donors (Lipinski definition) is 1. The molecule has 3 aromatic rings. The Morgan fingerprint density at radius 2 is 1.86 bits per heavy atom. The summed E-state index contributed by atoms with van der Waals surface area (Å²) in [6.45, 7) is 6.12. The van der Waals surface area contributed by atoms with Gasteiger partial charge >= 0.3 is 0 Å². The van der Waals surface area contributed by atoms with Crippen LogP contribution in [0.15, 0.2) is 35.0 Å².